The van der Waals surface area contributed by atoms with E-state index in [9.17, 15) is 8.42 Å². The molecule has 0 aliphatic carbocycles. The van der Waals surface area contributed by atoms with Crippen LogP contribution in [0.25, 0.3) is 0 Å². The van der Waals surface area contributed by atoms with Gasteiger partial charge in [0.2, 0.25) is 10.0 Å². The number of hydrogen-bond acceptors (Lipinski definition) is 4. The number of nitrogens with zero attached hydrogens (tertiary/aromatic N) is 1. The Morgan fingerprint density at radius 2 is 1.87 bits per heavy atom. The summed E-state index contributed by atoms with van der Waals surface area (Å²) in [4.78, 5) is 0.341. The smallest absolute Gasteiger partial charge is 0.243 e. The van der Waals surface area contributed by atoms with Gasteiger partial charge in [-0.2, -0.15) is 4.31 Å². The Labute approximate surface area is 145 Å². The standard InChI is InChI=1S/C16H26N2O3S.ClH/c1-11-8-15(9-12(2)16(11)21-4)22(19,20)18-7-5-6-14(10-18)13(3)17;/h8-9,13-14H,5-7,10,17H2,1-4H3;1H. The minimum atomic E-state index is -3.48. The molecule has 2 atom stereocenters. The summed E-state index contributed by atoms with van der Waals surface area (Å²) in [6, 6.07) is 3.39. The molecule has 0 radical (unpaired) electrons. The van der Waals surface area contributed by atoms with Crippen molar-refractivity contribution in [2.45, 2.75) is 44.6 Å². The second-order valence-corrected chi connectivity index (χ2v) is 8.15. The van der Waals surface area contributed by atoms with Crippen molar-refractivity contribution in [3.8, 4) is 5.75 Å². The van der Waals surface area contributed by atoms with Crippen LogP contribution in [0.1, 0.15) is 30.9 Å². The van der Waals surface area contributed by atoms with E-state index < -0.39 is 10.0 Å². The molecule has 0 aromatic heterocycles. The van der Waals surface area contributed by atoms with Crippen molar-refractivity contribution >= 4 is 22.4 Å². The van der Waals surface area contributed by atoms with Crippen LogP contribution in [-0.2, 0) is 10.0 Å². The minimum Gasteiger partial charge on any atom is -0.496 e. The van der Waals surface area contributed by atoms with Gasteiger partial charge in [0, 0.05) is 19.1 Å². The number of halogens is 1. The van der Waals surface area contributed by atoms with Crippen molar-refractivity contribution in [2.75, 3.05) is 20.2 Å². The summed E-state index contributed by atoms with van der Waals surface area (Å²) in [6.07, 6.45) is 1.85. The lowest BCUT2D eigenvalue weighted by Crippen LogP contribution is -2.44. The van der Waals surface area contributed by atoms with Gasteiger partial charge in [0.05, 0.1) is 12.0 Å². The summed E-state index contributed by atoms with van der Waals surface area (Å²) in [7, 11) is -1.88. The molecule has 0 amide bonds. The van der Waals surface area contributed by atoms with Gasteiger partial charge in [0.15, 0.2) is 0 Å². The Morgan fingerprint density at radius 1 is 1.30 bits per heavy atom. The number of sulfonamides is 1. The number of hydrogen-bond donors (Lipinski definition) is 1. The zero-order chi connectivity index (χ0) is 16.5. The molecule has 1 aliphatic heterocycles. The van der Waals surface area contributed by atoms with Crippen LogP contribution in [0.5, 0.6) is 5.75 Å². The molecule has 2 N–H and O–H groups in total. The third kappa shape index (κ3) is 4.18. The molecule has 23 heavy (non-hydrogen) atoms. The van der Waals surface area contributed by atoms with Crippen molar-refractivity contribution in [3.63, 3.8) is 0 Å². The highest BCUT2D eigenvalue weighted by Crippen LogP contribution is 2.30. The highest BCUT2D eigenvalue weighted by molar-refractivity contribution is 7.89. The van der Waals surface area contributed by atoms with Gasteiger partial charge in [-0.25, -0.2) is 8.42 Å². The third-order valence-electron chi connectivity index (χ3n) is 4.44. The zero-order valence-electron chi connectivity index (χ0n) is 14.2. The number of aryl methyl sites for hydroxylation is 2. The summed E-state index contributed by atoms with van der Waals surface area (Å²) < 4.78 is 32.7. The average Bonchev–Trinajstić information content (AvgIpc) is 2.47. The first-order valence-corrected chi connectivity index (χ1v) is 9.12. The van der Waals surface area contributed by atoms with Gasteiger partial charge in [-0.15, -0.1) is 12.4 Å². The van der Waals surface area contributed by atoms with E-state index in [1.807, 2.05) is 20.8 Å². The molecule has 7 heteroatoms. The summed E-state index contributed by atoms with van der Waals surface area (Å²) in [6.45, 7) is 6.75. The maximum absolute atomic E-state index is 12.9. The van der Waals surface area contributed by atoms with Crippen LogP contribution in [0.4, 0.5) is 0 Å². The van der Waals surface area contributed by atoms with E-state index in [1.165, 1.54) is 0 Å². The largest absolute Gasteiger partial charge is 0.496 e. The molecule has 1 aliphatic rings. The molecule has 132 valence electrons. The lowest BCUT2D eigenvalue weighted by atomic mass is 9.93. The molecular weight excluding hydrogens is 336 g/mol. The van der Waals surface area contributed by atoms with Crippen molar-refractivity contribution < 1.29 is 13.2 Å². The summed E-state index contributed by atoms with van der Waals surface area (Å²) in [5.74, 6) is 0.968. The fourth-order valence-corrected chi connectivity index (χ4v) is 4.86. The highest BCUT2D eigenvalue weighted by Gasteiger charge is 2.32. The normalized spacial score (nSPS) is 20.7. The van der Waals surface area contributed by atoms with Crippen LogP contribution in [0, 0.1) is 19.8 Å². The van der Waals surface area contributed by atoms with Gasteiger partial charge >= 0.3 is 0 Å². The van der Waals surface area contributed by atoms with E-state index in [-0.39, 0.29) is 24.4 Å². The van der Waals surface area contributed by atoms with Gasteiger partial charge in [-0.3, -0.25) is 0 Å². The van der Waals surface area contributed by atoms with Crippen LogP contribution < -0.4 is 10.5 Å². The van der Waals surface area contributed by atoms with Gasteiger partial charge in [0.1, 0.15) is 5.75 Å². The predicted octanol–water partition coefficient (Wildman–Crippen LogP) is 2.48. The molecule has 5 nitrogen and oxygen atoms in total. The summed E-state index contributed by atoms with van der Waals surface area (Å²) in [5, 5.41) is 0. The molecule has 1 fully saturated rings. The lowest BCUT2D eigenvalue weighted by Gasteiger charge is -2.34. The fraction of sp³-hybridized carbons (Fsp3) is 0.625. The molecule has 2 rings (SSSR count). The zero-order valence-corrected chi connectivity index (χ0v) is 15.8. The second-order valence-electron chi connectivity index (χ2n) is 6.21. The van der Waals surface area contributed by atoms with Crippen LogP contribution in [0.15, 0.2) is 17.0 Å². The Morgan fingerprint density at radius 3 is 2.35 bits per heavy atom. The third-order valence-corrected chi connectivity index (χ3v) is 6.28. The van der Waals surface area contributed by atoms with Gasteiger partial charge in [0.25, 0.3) is 0 Å². The lowest BCUT2D eigenvalue weighted by molar-refractivity contribution is 0.243. The van der Waals surface area contributed by atoms with Crippen LogP contribution >= 0.6 is 12.4 Å². The van der Waals surface area contributed by atoms with Crippen LogP contribution in [0.2, 0.25) is 0 Å². The molecule has 1 aromatic rings. The Kier molecular flexibility index (Phi) is 6.89. The average molecular weight is 363 g/mol. The molecule has 2 unspecified atom stereocenters. The van der Waals surface area contributed by atoms with E-state index in [0.29, 0.717) is 18.0 Å². The van der Waals surface area contributed by atoms with Crippen molar-refractivity contribution in [1.82, 2.24) is 4.31 Å². The molecule has 0 bridgehead atoms. The number of methoxy groups -OCH3 is 1. The Balaban J connectivity index is 0.00000264. The van der Waals surface area contributed by atoms with E-state index in [2.05, 4.69) is 0 Å². The number of benzene rings is 1. The molecule has 1 heterocycles. The maximum Gasteiger partial charge on any atom is 0.243 e. The Hall–Kier alpha value is -0.820. The number of rotatable bonds is 4. The van der Waals surface area contributed by atoms with E-state index >= 15 is 0 Å². The number of ether oxygens (including phenoxy) is 1. The SMILES string of the molecule is COc1c(C)cc(S(=O)(=O)N2CCCC(C(C)N)C2)cc1C.Cl. The van der Waals surface area contributed by atoms with Crippen molar-refractivity contribution in [2.24, 2.45) is 11.7 Å². The fourth-order valence-electron chi connectivity index (χ4n) is 3.15. The maximum atomic E-state index is 12.9. The van der Waals surface area contributed by atoms with E-state index in [0.717, 1.165) is 29.7 Å². The minimum absolute atomic E-state index is 0. The monoisotopic (exact) mass is 362 g/mol. The quantitative estimate of drug-likeness (QED) is 0.893. The highest BCUT2D eigenvalue weighted by atomic mass is 35.5. The van der Waals surface area contributed by atoms with Crippen molar-refractivity contribution in [1.29, 1.82) is 0 Å². The topological polar surface area (TPSA) is 72.6 Å². The first-order valence-electron chi connectivity index (χ1n) is 7.68. The van der Waals surface area contributed by atoms with Gasteiger partial charge < -0.3 is 10.5 Å². The molecule has 0 saturated carbocycles. The number of piperidine rings is 1. The first-order chi connectivity index (χ1) is 10.3. The van der Waals surface area contributed by atoms with Crippen LogP contribution in [0.3, 0.4) is 0 Å². The summed E-state index contributed by atoms with van der Waals surface area (Å²) >= 11 is 0. The van der Waals surface area contributed by atoms with Crippen molar-refractivity contribution in [3.05, 3.63) is 23.3 Å². The van der Waals surface area contributed by atoms with Gasteiger partial charge in [-0.05, 0) is 62.8 Å². The molecule has 1 saturated heterocycles. The van der Waals surface area contributed by atoms with E-state index in [1.54, 1.807) is 23.5 Å². The van der Waals surface area contributed by atoms with Crippen LogP contribution in [-0.4, -0.2) is 39.0 Å². The number of nitrogens with two attached hydrogens (primary N) is 1. The first kappa shape index (κ1) is 20.2. The molecule has 1 aromatic carbocycles. The summed E-state index contributed by atoms with van der Waals surface area (Å²) in [5.41, 5.74) is 7.63. The van der Waals surface area contributed by atoms with E-state index in [4.69, 9.17) is 10.5 Å². The second kappa shape index (κ2) is 7.83. The molecule has 0 spiro atoms. The van der Waals surface area contributed by atoms with Gasteiger partial charge in [-0.1, -0.05) is 0 Å². The molecular formula is C16H27ClN2O3S. The Bertz CT molecular complexity index is 624. The predicted molar refractivity (Wildman–Crippen MR) is 94.8 cm³/mol.